The summed E-state index contributed by atoms with van der Waals surface area (Å²) >= 11 is 0. The third kappa shape index (κ3) is 3.27. The molecule has 7 nitrogen and oxygen atoms in total. The predicted octanol–water partition coefficient (Wildman–Crippen LogP) is 0.0649. The Labute approximate surface area is 98.8 Å². The molecular formula is C10H16N4O3. The molecule has 1 aromatic rings. The number of rotatable bonds is 6. The van der Waals surface area contributed by atoms with Crippen molar-refractivity contribution in [2.24, 2.45) is 0 Å². The number of aromatic nitrogens is 3. The molecule has 0 unspecified atom stereocenters. The molecule has 7 heteroatoms. The predicted molar refractivity (Wildman–Crippen MR) is 59.7 cm³/mol. The standard InChI is InChI=1S/C10H16N4O3/c1-3-7-9(10(16)17)12-13-14(7)6-4-5-8(15)11-2/h3-6H2,1-2H3,(H,11,15)(H,16,17). The minimum absolute atomic E-state index is 0.00700. The van der Waals surface area contributed by atoms with E-state index in [4.69, 9.17) is 5.11 Å². The average molecular weight is 240 g/mol. The van der Waals surface area contributed by atoms with Crippen LogP contribution in [0.3, 0.4) is 0 Å². The summed E-state index contributed by atoms with van der Waals surface area (Å²) in [4.78, 5) is 21.9. The number of nitrogens with zero attached hydrogens (tertiary/aromatic N) is 3. The summed E-state index contributed by atoms with van der Waals surface area (Å²) in [5, 5.41) is 18.8. The average Bonchev–Trinajstić information content (AvgIpc) is 2.71. The number of nitrogens with one attached hydrogen (secondary N) is 1. The van der Waals surface area contributed by atoms with E-state index in [0.29, 0.717) is 31.5 Å². The van der Waals surface area contributed by atoms with E-state index < -0.39 is 5.97 Å². The molecular weight excluding hydrogens is 224 g/mol. The molecule has 94 valence electrons. The SMILES string of the molecule is CCc1c(C(=O)O)nnn1CCCC(=O)NC. The minimum atomic E-state index is -1.07. The highest BCUT2D eigenvalue weighted by atomic mass is 16.4. The Bertz CT molecular complexity index is 414. The maximum absolute atomic E-state index is 11.0. The quantitative estimate of drug-likeness (QED) is 0.733. The number of hydrogen-bond acceptors (Lipinski definition) is 4. The molecule has 0 spiro atoms. The fraction of sp³-hybridized carbons (Fsp3) is 0.600. The van der Waals surface area contributed by atoms with E-state index in [9.17, 15) is 9.59 Å². The number of carboxylic acid groups (broad SMARTS) is 1. The molecule has 1 heterocycles. The molecule has 0 aliphatic heterocycles. The van der Waals surface area contributed by atoms with Gasteiger partial charge in [-0.05, 0) is 12.8 Å². The summed E-state index contributed by atoms with van der Waals surface area (Å²) in [5.41, 5.74) is 0.585. The number of aryl methyl sites for hydroxylation is 1. The number of aromatic carboxylic acids is 1. The van der Waals surface area contributed by atoms with Crippen LogP contribution < -0.4 is 5.32 Å². The van der Waals surface area contributed by atoms with Gasteiger partial charge in [0.25, 0.3) is 0 Å². The minimum Gasteiger partial charge on any atom is -0.476 e. The van der Waals surface area contributed by atoms with Crippen molar-refractivity contribution in [1.29, 1.82) is 0 Å². The Morgan fingerprint density at radius 1 is 1.47 bits per heavy atom. The second-order valence-electron chi connectivity index (χ2n) is 3.54. The fourth-order valence-corrected chi connectivity index (χ4v) is 1.54. The lowest BCUT2D eigenvalue weighted by Gasteiger charge is -2.04. The molecule has 0 saturated heterocycles. The zero-order chi connectivity index (χ0) is 12.8. The van der Waals surface area contributed by atoms with Crippen LogP contribution in [0, 0.1) is 0 Å². The largest absolute Gasteiger partial charge is 0.476 e. The maximum Gasteiger partial charge on any atom is 0.358 e. The van der Waals surface area contributed by atoms with Crippen molar-refractivity contribution in [3.05, 3.63) is 11.4 Å². The molecule has 1 rings (SSSR count). The van der Waals surface area contributed by atoms with Gasteiger partial charge in [0.1, 0.15) is 0 Å². The van der Waals surface area contributed by atoms with E-state index in [0.717, 1.165) is 0 Å². The number of carbonyl (C=O) groups excluding carboxylic acids is 1. The van der Waals surface area contributed by atoms with Crippen molar-refractivity contribution in [3.63, 3.8) is 0 Å². The second kappa shape index (κ2) is 5.97. The highest BCUT2D eigenvalue weighted by Gasteiger charge is 2.16. The third-order valence-electron chi connectivity index (χ3n) is 2.43. The van der Waals surface area contributed by atoms with Gasteiger partial charge in [0, 0.05) is 20.0 Å². The highest BCUT2D eigenvalue weighted by molar-refractivity contribution is 5.86. The van der Waals surface area contributed by atoms with Crippen LogP contribution in [0.1, 0.15) is 35.9 Å². The van der Waals surface area contributed by atoms with Gasteiger partial charge in [-0.3, -0.25) is 4.79 Å². The van der Waals surface area contributed by atoms with Gasteiger partial charge in [0.15, 0.2) is 5.69 Å². The van der Waals surface area contributed by atoms with E-state index in [-0.39, 0.29) is 11.6 Å². The molecule has 1 amide bonds. The Kier molecular flexibility index (Phi) is 4.62. The van der Waals surface area contributed by atoms with Crippen molar-refractivity contribution in [1.82, 2.24) is 20.3 Å². The molecule has 1 aromatic heterocycles. The number of amides is 1. The van der Waals surface area contributed by atoms with Gasteiger partial charge in [-0.1, -0.05) is 12.1 Å². The summed E-state index contributed by atoms with van der Waals surface area (Å²) in [6.45, 7) is 2.34. The highest BCUT2D eigenvalue weighted by Crippen LogP contribution is 2.07. The van der Waals surface area contributed by atoms with Gasteiger partial charge in [0.05, 0.1) is 5.69 Å². The summed E-state index contributed by atoms with van der Waals surface area (Å²) in [6, 6.07) is 0. The van der Waals surface area contributed by atoms with E-state index >= 15 is 0 Å². The van der Waals surface area contributed by atoms with Crippen molar-refractivity contribution >= 4 is 11.9 Å². The van der Waals surface area contributed by atoms with Crippen molar-refractivity contribution < 1.29 is 14.7 Å². The Balaban J connectivity index is 2.65. The molecule has 0 saturated carbocycles. The van der Waals surface area contributed by atoms with Crippen LogP contribution in [0.4, 0.5) is 0 Å². The zero-order valence-corrected chi connectivity index (χ0v) is 9.93. The first-order valence-electron chi connectivity index (χ1n) is 5.46. The van der Waals surface area contributed by atoms with Crippen LogP contribution in [0.2, 0.25) is 0 Å². The molecule has 0 aliphatic rings. The summed E-state index contributed by atoms with van der Waals surface area (Å²) in [5.74, 6) is -1.11. The van der Waals surface area contributed by atoms with Crippen LogP contribution in [0.5, 0.6) is 0 Å². The molecule has 0 radical (unpaired) electrons. The van der Waals surface area contributed by atoms with Crippen molar-refractivity contribution in [2.75, 3.05) is 7.05 Å². The molecule has 0 atom stereocenters. The van der Waals surface area contributed by atoms with Gasteiger partial charge < -0.3 is 10.4 Å². The van der Waals surface area contributed by atoms with Gasteiger partial charge in [0.2, 0.25) is 5.91 Å². The normalized spacial score (nSPS) is 10.2. The van der Waals surface area contributed by atoms with Crippen LogP contribution in [-0.4, -0.2) is 39.0 Å². The first kappa shape index (κ1) is 13.1. The molecule has 0 aromatic carbocycles. The van der Waals surface area contributed by atoms with Crippen molar-refractivity contribution in [3.8, 4) is 0 Å². The first-order valence-corrected chi connectivity index (χ1v) is 5.46. The Morgan fingerprint density at radius 3 is 2.71 bits per heavy atom. The third-order valence-corrected chi connectivity index (χ3v) is 2.43. The van der Waals surface area contributed by atoms with Gasteiger partial charge in [-0.25, -0.2) is 9.48 Å². The van der Waals surface area contributed by atoms with Crippen LogP contribution in [-0.2, 0) is 17.8 Å². The molecule has 0 bridgehead atoms. The lowest BCUT2D eigenvalue weighted by atomic mass is 10.2. The Morgan fingerprint density at radius 2 is 2.18 bits per heavy atom. The van der Waals surface area contributed by atoms with Gasteiger partial charge >= 0.3 is 5.97 Å². The fourth-order valence-electron chi connectivity index (χ4n) is 1.54. The first-order chi connectivity index (χ1) is 8.10. The van der Waals surface area contributed by atoms with Crippen LogP contribution in [0.15, 0.2) is 0 Å². The number of carboxylic acids is 1. The maximum atomic E-state index is 11.0. The van der Waals surface area contributed by atoms with Crippen LogP contribution >= 0.6 is 0 Å². The van der Waals surface area contributed by atoms with Crippen LogP contribution in [0.25, 0.3) is 0 Å². The van der Waals surface area contributed by atoms with E-state index in [1.807, 2.05) is 6.92 Å². The lowest BCUT2D eigenvalue weighted by molar-refractivity contribution is -0.120. The Hall–Kier alpha value is -1.92. The smallest absolute Gasteiger partial charge is 0.358 e. The molecule has 17 heavy (non-hydrogen) atoms. The monoisotopic (exact) mass is 240 g/mol. The zero-order valence-electron chi connectivity index (χ0n) is 9.93. The van der Waals surface area contributed by atoms with Gasteiger partial charge in [-0.15, -0.1) is 5.10 Å². The van der Waals surface area contributed by atoms with E-state index in [2.05, 4.69) is 15.6 Å². The van der Waals surface area contributed by atoms with Crippen molar-refractivity contribution in [2.45, 2.75) is 32.7 Å². The topological polar surface area (TPSA) is 97.1 Å². The number of carbonyl (C=O) groups is 2. The second-order valence-corrected chi connectivity index (χ2v) is 3.54. The summed E-state index contributed by atoms with van der Waals surface area (Å²) in [7, 11) is 1.58. The van der Waals surface area contributed by atoms with E-state index in [1.165, 1.54) is 0 Å². The van der Waals surface area contributed by atoms with E-state index in [1.54, 1.807) is 11.7 Å². The summed E-state index contributed by atoms with van der Waals surface area (Å²) < 4.78 is 1.55. The summed E-state index contributed by atoms with van der Waals surface area (Å²) in [6.07, 6.45) is 1.55. The molecule has 0 fully saturated rings. The molecule has 2 N–H and O–H groups in total. The van der Waals surface area contributed by atoms with Gasteiger partial charge in [-0.2, -0.15) is 0 Å². The lowest BCUT2D eigenvalue weighted by Crippen LogP contribution is -2.18. The number of hydrogen-bond donors (Lipinski definition) is 2. The molecule has 0 aliphatic carbocycles.